The molecule has 0 bridgehead atoms. The van der Waals surface area contributed by atoms with Gasteiger partial charge in [-0.25, -0.2) is 0 Å². The molecule has 0 aliphatic carbocycles. The highest BCUT2D eigenvalue weighted by atomic mass is 16.3. The maximum atomic E-state index is 12.5. The maximum absolute atomic E-state index is 12.5. The number of aliphatic hydroxyl groups excluding tert-OH is 1. The summed E-state index contributed by atoms with van der Waals surface area (Å²) in [6.45, 7) is 8.34. The van der Waals surface area contributed by atoms with E-state index in [0.29, 0.717) is 6.54 Å². The molecule has 28 heavy (non-hydrogen) atoms. The average Bonchev–Trinajstić information content (AvgIpc) is 2.70. The number of carbonyl (C=O) groups is 1. The van der Waals surface area contributed by atoms with Crippen LogP contribution >= 0.6 is 0 Å². The molecule has 2 aromatic rings. The van der Waals surface area contributed by atoms with Crippen molar-refractivity contribution in [1.29, 1.82) is 0 Å². The van der Waals surface area contributed by atoms with Crippen molar-refractivity contribution in [3.05, 3.63) is 70.8 Å². The van der Waals surface area contributed by atoms with Crippen molar-refractivity contribution < 1.29 is 9.90 Å². The molecule has 3 rings (SSSR count). The van der Waals surface area contributed by atoms with Crippen molar-refractivity contribution in [2.75, 3.05) is 19.6 Å². The molecule has 2 aromatic carbocycles. The number of nitrogens with zero attached hydrogens (tertiary/aromatic N) is 1. The average molecular weight is 381 g/mol. The van der Waals surface area contributed by atoms with E-state index >= 15 is 0 Å². The van der Waals surface area contributed by atoms with Crippen LogP contribution in [0.3, 0.4) is 0 Å². The molecule has 4 nitrogen and oxygen atoms in total. The van der Waals surface area contributed by atoms with Crippen molar-refractivity contribution in [2.24, 2.45) is 5.92 Å². The fraction of sp³-hybridized carbons (Fsp3) is 0.458. The van der Waals surface area contributed by atoms with Crippen molar-refractivity contribution in [3.8, 4) is 0 Å². The number of carbonyl (C=O) groups excluding carboxylic acids is 1. The fourth-order valence-corrected chi connectivity index (χ4v) is 3.96. The van der Waals surface area contributed by atoms with Crippen molar-refractivity contribution in [1.82, 2.24) is 10.2 Å². The Hall–Kier alpha value is -2.17. The zero-order valence-electron chi connectivity index (χ0n) is 17.2. The van der Waals surface area contributed by atoms with Crippen molar-refractivity contribution in [3.63, 3.8) is 0 Å². The first kappa shape index (κ1) is 20.6. The minimum Gasteiger partial charge on any atom is -0.388 e. The summed E-state index contributed by atoms with van der Waals surface area (Å²) in [7, 11) is 0. The second kappa shape index (κ2) is 9.35. The SMILES string of the molecule is Cc1ccc(C(C)NC(=O)CN2CCC(C(O)c3ccccc3)CC2)cc1C. The van der Waals surface area contributed by atoms with Gasteiger partial charge in [-0.3, -0.25) is 9.69 Å². The predicted molar refractivity (Wildman–Crippen MR) is 113 cm³/mol. The summed E-state index contributed by atoms with van der Waals surface area (Å²) >= 11 is 0. The lowest BCUT2D eigenvalue weighted by atomic mass is 9.87. The minimum atomic E-state index is -0.415. The fourth-order valence-electron chi connectivity index (χ4n) is 3.96. The van der Waals surface area contributed by atoms with Crippen LogP contribution < -0.4 is 5.32 Å². The van der Waals surface area contributed by atoms with Gasteiger partial charge in [0.05, 0.1) is 18.7 Å². The predicted octanol–water partition coefficient (Wildman–Crippen LogP) is 3.93. The Morgan fingerprint density at radius 3 is 2.39 bits per heavy atom. The molecule has 1 amide bonds. The Balaban J connectivity index is 1.46. The zero-order valence-corrected chi connectivity index (χ0v) is 17.2. The van der Waals surface area contributed by atoms with E-state index in [2.05, 4.69) is 42.3 Å². The first-order valence-electron chi connectivity index (χ1n) is 10.3. The molecule has 1 fully saturated rings. The molecular formula is C24H32N2O2. The van der Waals surface area contributed by atoms with Gasteiger partial charge in [-0.15, -0.1) is 0 Å². The highest BCUT2D eigenvalue weighted by molar-refractivity contribution is 5.78. The summed E-state index contributed by atoms with van der Waals surface area (Å²) in [6.07, 6.45) is 1.41. The number of nitrogens with one attached hydrogen (secondary N) is 1. The molecule has 150 valence electrons. The van der Waals surface area contributed by atoms with E-state index in [4.69, 9.17) is 0 Å². The van der Waals surface area contributed by atoms with Crippen molar-refractivity contribution >= 4 is 5.91 Å². The van der Waals surface area contributed by atoms with E-state index in [1.165, 1.54) is 11.1 Å². The summed E-state index contributed by atoms with van der Waals surface area (Å²) in [6, 6.07) is 16.2. The molecule has 1 aliphatic rings. The quantitative estimate of drug-likeness (QED) is 0.798. The molecule has 0 radical (unpaired) electrons. The van der Waals surface area contributed by atoms with E-state index in [1.54, 1.807) is 0 Å². The second-order valence-corrected chi connectivity index (χ2v) is 8.10. The Labute approximate surface area is 168 Å². The number of hydrogen-bond acceptors (Lipinski definition) is 3. The van der Waals surface area contributed by atoms with Crippen LogP contribution in [0.1, 0.15) is 54.2 Å². The van der Waals surface area contributed by atoms with Crippen LogP contribution in [-0.4, -0.2) is 35.5 Å². The van der Waals surface area contributed by atoms with Gasteiger partial charge in [0.15, 0.2) is 0 Å². The molecule has 2 unspecified atom stereocenters. The first-order chi connectivity index (χ1) is 13.4. The number of amides is 1. The summed E-state index contributed by atoms with van der Waals surface area (Å²) in [4.78, 5) is 14.7. The van der Waals surface area contributed by atoms with Gasteiger partial charge in [0.2, 0.25) is 5.91 Å². The lowest BCUT2D eigenvalue weighted by Crippen LogP contribution is -2.42. The molecule has 1 saturated heterocycles. The topological polar surface area (TPSA) is 52.6 Å². The number of rotatable bonds is 6. The Kier molecular flexibility index (Phi) is 6.87. The standard InChI is InChI=1S/C24H32N2O2/c1-17-9-10-22(15-18(17)2)19(3)25-23(27)16-26-13-11-21(12-14-26)24(28)20-7-5-4-6-8-20/h4-10,15,19,21,24,28H,11-14,16H2,1-3H3,(H,25,27). The first-order valence-corrected chi connectivity index (χ1v) is 10.3. The number of hydrogen-bond donors (Lipinski definition) is 2. The molecule has 4 heteroatoms. The highest BCUT2D eigenvalue weighted by Crippen LogP contribution is 2.30. The Bertz CT molecular complexity index is 782. The van der Waals surface area contributed by atoms with Gasteiger partial charge in [-0.1, -0.05) is 48.5 Å². The molecule has 1 aliphatic heterocycles. The van der Waals surface area contributed by atoms with Crippen molar-refractivity contribution in [2.45, 2.75) is 45.8 Å². The smallest absolute Gasteiger partial charge is 0.234 e. The summed E-state index contributed by atoms with van der Waals surface area (Å²) in [5.41, 5.74) is 4.64. The van der Waals surface area contributed by atoms with Gasteiger partial charge in [0.1, 0.15) is 0 Å². The van der Waals surface area contributed by atoms with Gasteiger partial charge in [-0.05, 0) is 74.9 Å². The molecule has 2 N–H and O–H groups in total. The van der Waals surface area contributed by atoms with Gasteiger partial charge in [-0.2, -0.15) is 0 Å². The minimum absolute atomic E-state index is 0.00393. The van der Waals surface area contributed by atoms with Gasteiger partial charge >= 0.3 is 0 Å². The largest absolute Gasteiger partial charge is 0.388 e. The third kappa shape index (κ3) is 5.21. The molecule has 0 aromatic heterocycles. The van der Waals surface area contributed by atoms with Gasteiger partial charge in [0.25, 0.3) is 0 Å². The van der Waals surface area contributed by atoms with Crippen LogP contribution in [0.4, 0.5) is 0 Å². The molecule has 2 atom stereocenters. The van der Waals surface area contributed by atoms with E-state index in [1.807, 2.05) is 37.3 Å². The lowest BCUT2D eigenvalue weighted by molar-refractivity contribution is -0.123. The maximum Gasteiger partial charge on any atom is 0.234 e. The Morgan fingerprint density at radius 2 is 1.75 bits per heavy atom. The normalized spacial score (nSPS) is 17.9. The van der Waals surface area contributed by atoms with Gasteiger partial charge in [0, 0.05) is 0 Å². The van der Waals surface area contributed by atoms with Gasteiger partial charge < -0.3 is 10.4 Å². The molecule has 0 saturated carbocycles. The van der Waals surface area contributed by atoms with Crippen LogP contribution in [0.15, 0.2) is 48.5 Å². The zero-order chi connectivity index (χ0) is 20.1. The van der Waals surface area contributed by atoms with E-state index < -0.39 is 6.10 Å². The van der Waals surface area contributed by atoms with E-state index in [0.717, 1.165) is 37.1 Å². The number of aryl methyl sites for hydroxylation is 2. The Morgan fingerprint density at radius 1 is 1.07 bits per heavy atom. The number of benzene rings is 2. The van der Waals surface area contributed by atoms with Crippen LogP contribution in [0, 0.1) is 19.8 Å². The van der Waals surface area contributed by atoms with Crippen LogP contribution in [-0.2, 0) is 4.79 Å². The molecule has 0 spiro atoms. The van der Waals surface area contributed by atoms with Crippen LogP contribution in [0.5, 0.6) is 0 Å². The summed E-state index contributed by atoms with van der Waals surface area (Å²) in [5, 5.41) is 13.7. The van der Waals surface area contributed by atoms with Crippen LogP contribution in [0.2, 0.25) is 0 Å². The summed E-state index contributed by atoms with van der Waals surface area (Å²) < 4.78 is 0. The third-order valence-electron chi connectivity index (χ3n) is 6.00. The summed E-state index contributed by atoms with van der Waals surface area (Å²) in [5.74, 6) is 0.323. The third-order valence-corrected chi connectivity index (χ3v) is 6.00. The number of piperidine rings is 1. The number of aliphatic hydroxyl groups is 1. The monoisotopic (exact) mass is 380 g/mol. The highest BCUT2D eigenvalue weighted by Gasteiger charge is 2.27. The van der Waals surface area contributed by atoms with E-state index in [9.17, 15) is 9.90 Å². The van der Waals surface area contributed by atoms with Crippen LogP contribution in [0.25, 0.3) is 0 Å². The second-order valence-electron chi connectivity index (χ2n) is 8.10. The number of likely N-dealkylation sites (tertiary alicyclic amines) is 1. The molecular weight excluding hydrogens is 348 g/mol. The van der Waals surface area contributed by atoms with E-state index in [-0.39, 0.29) is 17.9 Å². The molecule has 1 heterocycles. The lowest BCUT2D eigenvalue weighted by Gasteiger charge is -2.34.